The summed E-state index contributed by atoms with van der Waals surface area (Å²) in [5, 5.41) is 9.56. The number of carboxylic acids is 1. The summed E-state index contributed by atoms with van der Waals surface area (Å²) in [4.78, 5) is 22.6. The van der Waals surface area contributed by atoms with Gasteiger partial charge in [-0.2, -0.15) is 0 Å². The van der Waals surface area contributed by atoms with Crippen LogP contribution in [-0.4, -0.2) is 21.6 Å². The quantitative estimate of drug-likeness (QED) is 0.728. The van der Waals surface area contributed by atoms with Crippen molar-refractivity contribution in [2.75, 3.05) is 0 Å². The summed E-state index contributed by atoms with van der Waals surface area (Å²) in [5.74, 6) is -1.02. The van der Waals surface area contributed by atoms with Crippen molar-refractivity contribution < 1.29 is 19.4 Å². The number of amides is 1. The molecule has 0 radical (unpaired) electrons. The van der Waals surface area contributed by atoms with Gasteiger partial charge in [-0.3, -0.25) is 9.59 Å². The van der Waals surface area contributed by atoms with Gasteiger partial charge < -0.3 is 20.1 Å². The molecule has 1 amide bonds. The van der Waals surface area contributed by atoms with E-state index in [1.807, 2.05) is 30.3 Å². The lowest BCUT2D eigenvalue weighted by Gasteiger charge is -2.07. The average molecular weight is 324 g/mol. The summed E-state index contributed by atoms with van der Waals surface area (Å²) in [6, 6.07) is 14.9. The number of nitrogens with zero attached hydrogens (tertiary/aromatic N) is 1. The van der Waals surface area contributed by atoms with Gasteiger partial charge in [0.05, 0.1) is 5.56 Å². The molecule has 122 valence electrons. The summed E-state index contributed by atoms with van der Waals surface area (Å²) < 4.78 is 7.23. The van der Waals surface area contributed by atoms with E-state index in [0.717, 1.165) is 5.56 Å². The number of benzene rings is 2. The molecule has 0 atom stereocenters. The van der Waals surface area contributed by atoms with Crippen LogP contribution in [0.5, 0.6) is 5.75 Å². The van der Waals surface area contributed by atoms with E-state index in [4.69, 9.17) is 15.6 Å². The van der Waals surface area contributed by atoms with E-state index < -0.39 is 11.9 Å². The maximum Gasteiger partial charge on any atom is 0.323 e. The van der Waals surface area contributed by atoms with E-state index >= 15 is 0 Å². The molecule has 1 aromatic heterocycles. The summed E-state index contributed by atoms with van der Waals surface area (Å²) in [6.45, 7) is 0.155. The zero-order valence-corrected chi connectivity index (χ0v) is 12.8. The Hall–Kier alpha value is -3.28. The standard InChI is InChI=1S/C18H16N2O4/c19-18(23)15-9-20(10-17(21)22)16-7-6-13(8-14(15)16)24-11-12-4-2-1-3-5-12/h1-9H,10-11H2,(H2,19,23)(H,21,22). The lowest BCUT2D eigenvalue weighted by atomic mass is 10.1. The van der Waals surface area contributed by atoms with Crippen molar-refractivity contribution >= 4 is 22.8 Å². The molecule has 0 aliphatic heterocycles. The van der Waals surface area contributed by atoms with Crippen LogP contribution in [0.4, 0.5) is 0 Å². The van der Waals surface area contributed by atoms with Crippen LogP contribution in [0.25, 0.3) is 10.9 Å². The third-order valence-corrected chi connectivity index (χ3v) is 3.67. The molecule has 3 N–H and O–H groups in total. The summed E-state index contributed by atoms with van der Waals surface area (Å²) in [7, 11) is 0. The van der Waals surface area contributed by atoms with Gasteiger partial charge in [-0.15, -0.1) is 0 Å². The minimum atomic E-state index is -0.993. The molecule has 0 fully saturated rings. The van der Waals surface area contributed by atoms with Gasteiger partial charge in [0.15, 0.2) is 0 Å². The third-order valence-electron chi connectivity index (χ3n) is 3.67. The Morgan fingerprint density at radius 2 is 1.88 bits per heavy atom. The van der Waals surface area contributed by atoms with Gasteiger partial charge in [0.25, 0.3) is 5.91 Å². The second kappa shape index (κ2) is 6.45. The van der Waals surface area contributed by atoms with Gasteiger partial charge in [-0.1, -0.05) is 30.3 Å². The van der Waals surface area contributed by atoms with Crippen molar-refractivity contribution in [2.24, 2.45) is 5.73 Å². The molecule has 0 saturated carbocycles. The van der Waals surface area contributed by atoms with Gasteiger partial charge in [0, 0.05) is 17.1 Å². The number of carbonyl (C=O) groups excluding carboxylic acids is 1. The lowest BCUT2D eigenvalue weighted by Crippen LogP contribution is -2.11. The van der Waals surface area contributed by atoms with Crippen LogP contribution in [0.3, 0.4) is 0 Å². The highest BCUT2D eigenvalue weighted by atomic mass is 16.5. The van der Waals surface area contributed by atoms with Crippen LogP contribution in [0.1, 0.15) is 15.9 Å². The highest BCUT2D eigenvalue weighted by molar-refractivity contribution is 6.06. The molecule has 6 nitrogen and oxygen atoms in total. The number of nitrogens with two attached hydrogens (primary N) is 1. The average Bonchev–Trinajstić information content (AvgIpc) is 2.91. The molecule has 0 aliphatic rings. The van der Waals surface area contributed by atoms with Gasteiger partial charge in [-0.05, 0) is 23.8 Å². The normalized spacial score (nSPS) is 10.7. The molecular formula is C18H16N2O4. The molecule has 3 aromatic rings. The number of aliphatic carboxylic acids is 1. The van der Waals surface area contributed by atoms with E-state index in [1.165, 1.54) is 10.8 Å². The van der Waals surface area contributed by atoms with Crippen molar-refractivity contribution in [2.45, 2.75) is 13.2 Å². The van der Waals surface area contributed by atoms with E-state index in [1.54, 1.807) is 18.2 Å². The predicted molar refractivity (Wildman–Crippen MR) is 88.9 cm³/mol. The Bertz CT molecular complexity index is 900. The van der Waals surface area contributed by atoms with E-state index in [-0.39, 0.29) is 12.1 Å². The predicted octanol–water partition coefficient (Wildman–Crippen LogP) is 2.40. The summed E-state index contributed by atoms with van der Waals surface area (Å²) in [6.07, 6.45) is 1.46. The largest absolute Gasteiger partial charge is 0.489 e. The Balaban J connectivity index is 1.93. The number of fused-ring (bicyclic) bond motifs is 1. The van der Waals surface area contributed by atoms with E-state index in [0.29, 0.717) is 23.3 Å². The molecule has 3 rings (SSSR count). The van der Waals surface area contributed by atoms with Crippen molar-refractivity contribution in [3.63, 3.8) is 0 Å². The topological polar surface area (TPSA) is 94.6 Å². The second-order valence-corrected chi connectivity index (χ2v) is 5.38. The maximum atomic E-state index is 11.6. The first-order valence-electron chi connectivity index (χ1n) is 7.36. The first-order valence-corrected chi connectivity index (χ1v) is 7.36. The van der Waals surface area contributed by atoms with E-state index in [2.05, 4.69) is 0 Å². The maximum absolute atomic E-state index is 11.6. The minimum absolute atomic E-state index is 0.242. The summed E-state index contributed by atoms with van der Waals surface area (Å²) in [5.41, 5.74) is 7.32. The highest BCUT2D eigenvalue weighted by Gasteiger charge is 2.15. The van der Waals surface area contributed by atoms with Gasteiger partial charge >= 0.3 is 5.97 Å². The zero-order valence-electron chi connectivity index (χ0n) is 12.8. The number of carbonyl (C=O) groups is 2. The fourth-order valence-electron chi connectivity index (χ4n) is 2.58. The number of primary amides is 1. The summed E-state index contributed by atoms with van der Waals surface area (Å²) >= 11 is 0. The number of aromatic nitrogens is 1. The van der Waals surface area contributed by atoms with Crippen LogP contribution in [0, 0.1) is 0 Å². The molecule has 6 heteroatoms. The molecule has 0 aliphatic carbocycles. The molecular weight excluding hydrogens is 308 g/mol. The van der Waals surface area contributed by atoms with E-state index in [9.17, 15) is 9.59 Å². The number of rotatable bonds is 6. The number of carboxylic acid groups (broad SMARTS) is 1. The van der Waals surface area contributed by atoms with Gasteiger partial charge in [0.2, 0.25) is 0 Å². The van der Waals surface area contributed by atoms with Crippen molar-refractivity contribution in [3.8, 4) is 5.75 Å². The van der Waals surface area contributed by atoms with Crippen LogP contribution in [0.2, 0.25) is 0 Å². The van der Waals surface area contributed by atoms with Crippen LogP contribution in [0.15, 0.2) is 54.7 Å². The zero-order chi connectivity index (χ0) is 17.1. The second-order valence-electron chi connectivity index (χ2n) is 5.38. The van der Waals surface area contributed by atoms with Crippen LogP contribution < -0.4 is 10.5 Å². The molecule has 0 spiro atoms. The first kappa shape index (κ1) is 15.6. The molecule has 2 aromatic carbocycles. The van der Waals surface area contributed by atoms with Crippen LogP contribution in [-0.2, 0) is 17.9 Å². The Morgan fingerprint density at radius 3 is 2.54 bits per heavy atom. The van der Waals surface area contributed by atoms with Gasteiger partial charge in [-0.25, -0.2) is 0 Å². The first-order chi connectivity index (χ1) is 11.5. The monoisotopic (exact) mass is 324 g/mol. The van der Waals surface area contributed by atoms with Crippen molar-refractivity contribution in [1.82, 2.24) is 4.57 Å². The van der Waals surface area contributed by atoms with Crippen LogP contribution >= 0.6 is 0 Å². The Kier molecular flexibility index (Phi) is 4.20. The molecule has 0 bridgehead atoms. The number of hydrogen-bond donors (Lipinski definition) is 2. The van der Waals surface area contributed by atoms with Crippen molar-refractivity contribution in [3.05, 3.63) is 65.9 Å². The number of ether oxygens (including phenoxy) is 1. The fourth-order valence-corrected chi connectivity index (χ4v) is 2.58. The third kappa shape index (κ3) is 3.22. The molecule has 0 saturated heterocycles. The Morgan fingerprint density at radius 1 is 1.12 bits per heavy atom. The molecule has 24 heavy (non-hydrogen) atoms. The van der Waals surface area contributed by atoms with Crippen molar-refractivity contribution in [1.29, 1.82) is 0 Å². The molecule has 1 heterocycles. The smallest absolute Gasteiger partial charge is 0.323 e. The van der Waals surface area contributed by atoms with Gasteiger partial charge in [0.1, 0.15) is 18.9 Å². The Labute approximate surface area is 138 Å². The minimum Gasteiger partial charge on any atom is -0.489 e. The fraction of sp³-hybridized carbons (Fsp3) is 0.111. The SMILES string of the molecule is NC(=O)c1cn(CC(=O)O)c2ccc(OCc3ccccc3)cc12. The molecule has 0 unspecified atom stereocenters. The number of hydrogen-bond acceptors (Lipinski definition) is 3. The highest BCUT2D eigenvalue weighted by Crippen LogP contribution is 2.26. The lowest BCUT2D eigenvalue weighted by molar-refractivity contribution is -0.137.